The number of hydrogen-bond acceptors (Lipinski definition) is 4. The molecule has 2 heterocycles. The van der Waals surface area contributed by atoms with Crippen LogP contribution in [0.5, 0.6) is 0 Å². The van der Waals surface area contributed by atoms with Gasteiger partial charge in [-0.2, -0.15) is 0 Å². The Hall–Kier alpha value is -3.48. The summed E-state index contributed by atoms with van der Waals surface area (Å²) in [5.41, 5.74) is 1.75. The van der Waals surface area contributed by atoms with Crippen molar-refractivity contribution in [2.24, 2.45) is 5.92 Å². The quantitative estimate of drug-likeness (QED) is 0.657. The zero-order valence-corrected chi connectivity index (χ0v) is 17.4. The number of piperazine rings is 1. The maximum atomic E-state index is 13.2. The molecule has 0 radical (unpaired) electrons. The summed E-state index contributed by atoms with van der Waals surface area (Å²) in [4.78, 5) is 33.9. The van der Waals surface area contributed by atoms with Crippen molar-refractivity contribution in [3.8, 4) is 17.1 Å². The first-order valence-corrected chi connectivity index (χ1v) is 10.9. The Bertz CT molecular complexity index is 1010. The van der Waals surface area contributed by atoms with Crippen molar-refractivity contribution < 1.29 is 9.59 Å². The van der Waals surface area contributed by atoms with Crippen LogP contribution in [0.25, 0.3) is 17.1 Å². The van der Waals surface area contributed by atoms with Crippen molar-refractivity contribution in [3.63, 3.8) is 0 Å². The van der Waals surface area contributed by atoms with Gasteiger partial charge in [0.15, 0.2) is 5.82 Å². The van der Waals surface area contributed by atoms with Crippen molar-refractivity contribution in [3.05, 3.63) is 66.5 Å². The van der Waals surface area contributed by atoms with Crippen molar-refractivity contribution in [1.29, 1.82) is 0 Å². The summed E-state index contributed by atoms with van der Waals surface area (Å²) in [6, 6.07) is 19.5. The lowest BCUT2D eigenvalue weighted by molar-refractivity contribution is -0.139. The molecule has 158 valence electrons. The molecule has 0 unspecified atom stereocenters. The summed E-state index contributed by atoms with van der Waals surface area (Å²) in [5.74, 6) is 1.06. The molecule has 0 spiro atoms. The maximum absolute atomic E-state index is 13.2. The molecule has 0 atom stereocenters. The molecule has 2 aliphatic rings. The fourth-order valence-electron chi connectivity index (χ4n) is 4.11. The highest BCUT2D eigenvalue weighted by Gasteiger charge is 2.33. The molecule has 7 heteroatoms. The van der Waals surface area contributed by atoms with Crippen LogP contribution in [0.3, 0.4) is 0 Å². The maximum Gasteiger partial charge on any atom is 0.293 e. The highest BCUT2D eigenvalue weighted by atomic mass is 16.2. The Morgan fingerprint density at radius 3 is 2.03 bits per heavy atom. The van der Waals surface area contributed by atoms with E-state index in [-0.39, 0.29) is 23.6 Å². The summed E-state index contributed by atoms with van der Waals surface area (Å²) in [7, 11) is 0. The number of carbonyl (C=O) groups excluding carboxylic acids is 2. The van der Waals surface area contributed by atoms with Crippen LogP contribution in [0.15, 0.2) is 60.7 Å². The van der Waals surface area contributed by atoms with E-state index in [2.05, 4.69) is 10.1 Å². The third kappa shape index (κ3) is 3.83. The van der Waals surface area contributed by atoms with Gasteiger partial charge in [-0.05, 0) is 25.0 Å². The molecule has 2 amide bonds. The first-order valence-electron chi connectivity index (χ1n) is 10.9. The lowest BCUT2D eigenvalue weighted by Gasteiger charge is -2.37. The number of benzene rings is 2. The van der Waals surface area contributed by atoms with E-state index in [0.29, 0.717) is 32.0 Å². The minimum atomic E-state index is -0.192. The third-order valence-corrected chi connectivity index (χ3v) is 6.16. The van der Waals surface area contributed by atoms with Crippen LogP contribution >= 0.6 is 0 Å². The Kier molecular flexibility index (Phi) is 5.24. The van der Waals surface area contributed by atoms with E-state index in [1.165, 1.54) is 0 Å². The van der Waals surface area contributed by atoms with Gasteiger partial charge in [-0.3, -0.25) is 9.59 Å². The van der Waals surface area contributed by atoms with Crippen LogP contribution in [-0.2, 0) is 4.79 Å². The zero-order chi connectivity index (χ0) is 21.2. The average Bonchev–Trinajstić information content (AvgIpc) is 3.24. The lowest BCUT2D eigenvalue weighted by atomic mass is 9.84. The minimum Gasteiger partial charge on any atom is -0.339 e. The standard InChI is InChI=1S/C24H25N5O2/c30-23(19-10-7-11-19)27-14-16-28(17-15-27)24(31)21-25-22(18-8-3-1-4-9-18)29(26-21)20-12-5-2-6-13-20/h1-6,8-9,12-13,19H,7,10-11,14-17H2. The molecule has 1 aromatic heterocycles. The molecular formula is C24H25N5O2. The van der Waals surface area contributed by atoms with E-state index >= 15 is 0 Å². The number of rotatable bonds is 4. The topological polar surface area (TPSA) is 71.3 Å². The summed E-state index contributed by atoms with van der Waals surface area (Å²) in [6.45, 7) is 2.17. The van der Waals surface area contributed by atoms with E-state index in [4.69, 9.17) is 0 Å². The van der Waals surface area contributed by atoms with E-state index in [0.717, 1.165) is 30.5 Å². The Balaban J connectivity index is 1.37. The number of amides is 2. The van der Waals surface area contributed by atoms with Gasteiger partial charge in [-0.1, -0.05) is 55.0 Å². The third-order valence-electron chi connectivity index (χ3n) is 6.16. The molecule has 7 nitrogen and oxygen atoms in total. The summed E-state index contributed by atoms with van der Waals surface area (Å²) in [5, 5.41) is 4.57. The fraction of sp³-hybridized carbons (Fsp3) is 0.333. The van der Waals surface area contributed by atoms with Gasteiger partial charge in [0.05, 0.1) is 5.69 Å². The smallest absolute Gasteiger partial charge is 0.293 e. The Morgan fingerprint density at radius 2 is 1.42 bits per heavy atom. The lowest BCUT2D eigenvalue weighted by Crippen LogP contribution is -2.52. The monoisotopic (exact) mass is 415 g/mol. The Morgan fingerprint density at radius 1 is 0.806 bits per heavy atom. The van der Waals surface area contributed by atoms with E-state index in [1.54, 1.807) is 9.58 Å². The first-order chi connectivity index (χ1) is 15.2. The molecule has 1 saturated heterocycles. The van der Waals surface area contributed by atoms with Crippen LogP contribution in [0, 0.1) is 5.92 Å². The van der Waals surface area contributed by atoms with Crippen LogP contribution in [0.1, 0.15) is 29.9 Å². The van der Waals surface area contributed by atoms with Crippen molar-refractivity contribution in [2.45, 2.75) is 19.3 Å². The van der Waals surface area contributed by atoms with Gasteiger partial charge in [0.2, 0.25) is 11.7 Å². The number of aromatic nitrogens is 3. The highest BCUT2D eigenvalue weighted by molar-refractivity contribution is 5.91. The normalized spacial score (nSPS) is 16.8. The second kappa shape index (κ2) is 8.34. The van der Waals surface area contributed by atoms with E-state index in [1.807, 2.05) is 65.6 Å². The van der Waals surface area contributed by atoms with Gasteiger partial charge in [0.1, 0.15) is 0 Å². The molecule has 0 N–H and O–H groups in total. The SMILES string of the molecule is O=C(c1nc(-c2ccccc2)n(-c2ccccc2)n1)N1CCN(C(=O)C2CCC2)CC1. The number of para-hydroxylation sites is 1. The molecule has 2 fully saturated rings. The number of hydrogen-bond donors (Lipinski definition) is 0. The largest absolute Gasteiger partial charge is 0.339 e. The Labute approximate surface area is 181 Å². The molecule has 3 aromatic rings. The molecule has 31 heavy (non-hydrogen) atoms. The number of nitrogens with zero attached hydrogens (tertiary/aromatic N) is 5. The summed E-state index contributed by atoms with van der Waals surface area (Å²) >= 11 is 0. The predicted molar refractivity (Wildman–Crippen MR) is 117 cm³/mol. The molecular weight excluding hydrogens is 390 g/mol. The van der Waals surface area contributed by atoms with Gasteiger partial charge in [-0.25, -0.2) is 9.67 Å². The van der Waals surface area contributed by atoms with Crippen molar-refractivity contribution >= 4 is 11.8 Å². The summed E-state index contributed by atoms with van der Waals surface area (Å²) < 4.78 is 1.72. The molecule has 0 bridgehead atoms. The van der Waals surface area contributed by atoms with E-state index < -0.39 is 0 Å². The van der Waals surface area contributed by atoms with Crippen molar-refractivity contribution in [2.75, 3.05) is 26.2 Å². The highest BCUT2D eigenvalue weighted by Crippen LogP contribution is 2.28. The van der Waals surface area contributed by atoms with Gasteiger partial charge in [0.25, 0.3) is 5.91 Å². The van der Waals surface area contributed by atoms with Crippen LogP contribution in [0.2, 0.25) is 0 Å². The molecule has 1 aliphatic carbocycles. The van der Waals surface area contributed by atoms with Gasteiger partial charge < -0.3 is 9.80 Å². The van der Waals surface area contributed by atoms with Crippen LogP contribution in [-0.4, -0.2) is 62.6 Å². The second-order valence-corrected chi connectivity index (χ2v) is 8.12. The van der Waals surface area contributed by atoms with Crippen LogP contribution < -0.4 is 0 Å². The minimum absolute atomic E-state index is 0.182. The molecule has 5 rings (SSSR count). The molecule has 1 saturated carbocycles. The summed E-state index contributed by atoms with van der Waals surface area (Å²) in [6.07, 6.45) is 3.15. The van der Waals surface area contributed by atoms with Crippen molar-refractivity contribution in [1.82, 2.24) is 24.6 Å². The number of carbonyl (C=O) groups is 2. The van der Waals surface area contributed by atoms with Gasteiger partial charge in [0, 0.05) is 37.7 Å². The first kappa shape index (κ1) is 19.5. The molecule has 1 aliphatic heterocycles. The van der Waals surface area contributed by atoms with Crippen LogP contribution in [0.4, 0.5) is 0 Å². The van der Waals surface area contributed by atoms with E-state index in [9.17, 15) is 9.59 Å². The van der Waals surface area contributed by atoms with Gasteiger partial charge >= 0.3 is 0 Å². The zero-order valence-electron chi connectivity index (χ0n) is 17.4. The fourth-order valence-corrected chi connectivity index (χ4v) is 4.11. The predicted octanol–water partition coefficient (Wildman–Crippen LogP) is 3.02. The van der Waals surface area contributed by atoms with Gasteiger partial charge in [-0.15, -0.1) is 5.10 Å². The molecule has 2 aromatic carbocycles. The second-order valence-electron chi connectivity index (χ2n) is 8.12. The average molecular weight is 415 g/mol.